The van der Waals surface area contributed by atoms with Gasteiger partial charge in [0, 0.05) is 44.7 Å². The number of Topliss-reactive ketones (excluding diaryl/α,β-unsaturated/α-hetero) is 1. The maximum atomic E-state index is 11.4. The molecule has 1 atom stereocenters. The van der Waals surface area contributed by atoms with E-state index in [1.54, 1.807) is 0 Å². The van der Waals surface area contributed by atoms with Crippen LogP contribution in [-0.4, -0.2) is 15.9 Å². The summed E-state index contributed by atoms with van der Waals surface area (Å²) in [4.78, 5) is 15.9. The van der Waals surface area contributed by atoms with Crippen LogP contribution in [0.15, 0.2) is 72.1 Å². The van der Waals surface area contributed by atoms with Gasteiger partial charge in [-0.15, -0.1) is 35.9 Å². The second kappa shape index (κ2) is 9.95. The zero-order valence-corrected chi connectivity index (χ0v) is 18.6. The van der Waals surface area contributed by atoms with Gasteiger partial charge in [-0.1, -0.05) is 30.3 Å². The van der Waals surface area contributed by atoms with Crippen LogP contribution in [-0.2, 0) is 24.9 Å². The van der Waals surface area contributed by atoms with Gasteiger partial charge in [0.2, 0.25) is 0 Å². The number of hydrogen-bond donors (Lipinski definition) is 1. The van der Waals surface area contributed by atoms with Crippen LogP contribution in [0.1, 0.15) is 38.5 Å². The van der Waals surface area contributed by atoms with E-state index in [4.69, 9.17) is 0 Å². The van der Waals surface area contributed by atoms with E-state index in [2.05, 4.69) is 29.2 Å². The van der Waals surface area contributed by atoms with Gasteiger partial charge in [-0.2, -0.15) is 0 Å². The maximum absolute atomic E-state index is 11.4. The van der Waals surface area contributed by atoms with Crippen LogP contribution >= 0.6 is 0 Å². The van der Waals surface area contributed by atoms with Crippen LogP contribution in [0.4, 0.5) is 0 Å². The summed E-state index contributed by atoms with van der Waals surface area (Å²) in [5.74, 6) is 0.972. The van der Waals surface area contributed by atoms with E-state index in [0.717, 1.165) is 48.9 Å². The van der Waals surface area contributed by atoms with Crippen LogP contribution in [0.25, 0.3) is 22.0 Å². The molecule has 1 N–H and O–H groups in total. The zero-order chi connectivity index (χ0) is 19.3. The third-order valence-electron chi connectivity index (χ3n) is 5.56. The van der Waals surface area contributed by atoms with Gasteiger partial charge in [-0.25, -0.2) is 0 Å². The minimum Gasteiger partial charge on any atom is -0.512 e. The Balaban J connectivity index is 0.000000167. The summed E-state index contributed by atoms with van der Waals surface area (Å²) in [5, 5.41) is 11.9. The second-order valence-corrected chi connectivity index (χ2v) is 7.46. The maximum Gasteiger partial charge on any atom is 0.162 e. The number of ketones is 1. The molecular weight excluding hydrogens is 538 g/mol. The molecule has 29 heavy (non-hydrogen) atoms. The van der Waals surface area contributed by atoms with Gasteiger partial charge in [0.05, 0.1) is 5.76 Å². The van der Waals surface area contributed by atoms with E-state index in [9.17, 15) is 9.90 Å². The fraction of sp³-hybridized carbons (Fsp3) is 0.280. The number of aliphatic hydroxyl groups excluding tert-OH is 1. The number of allylic oxidation sites excluding steroid dienone is 2. The monoisotopic (exact) mass is 563 g/mol. The standard InChI is InChI=1S/C15H10N.C10H14O2.Ir/c1-2-6-12(7-3-1)15-10-13-8-4-5-9-14(13)11-16-15;11-8-5-1-3-7-4-2-6-9(12)10(7)8;/h1-6,8-11H;7,11H,1-6H2;/q-1;;. The number of rotatable bonds is 1. The number of carbonyl (C=O) groups excluding carboxylic acids is 1. The molecule has 1 aromatic heterocycles. The van der Waals surface area contributed by atoms with Crippen LogP contribution < -0.4 is 0 Å². The third-order valence-corrected chi connectivity index (χ3v) is 5.56. The van der Waals surface area contributed by atoms with Crippen LogP contribution in [0, 0.1) is 12.0 Å². The van der Waals surface area contributed by atoms with E-state index in [0.29, 0.717) is 18.1 Å². The van der Waals surface area contributed by atoms with Gasteiger partial charge in [-0.05, 0) is 48.1 Å². The average Bonchev–Trinajstić information content (AvgIpc) is 2.75. The van der Waals surface area contributed by atoms with Crippen molar-refractivity contribution in [2.75, 3.05) is 0 Å². The van der Waals surface area contributed by atoms with E-state index in [-0.39, 0.29) is 25.9 Å². The molecule has 3 aromatic rings. The number of benzene rings is 2. The first-order valence-electron chi connectivity index (χ1n) is 9.99. The summed E-state index contributed by atoms with van der Waals surface area (Å²) >= 11 is 0. The second-order valence-electron chi connectivity index (χ2n) is 7.46. The molecule has 0 saturated heterocycles. The number of nitrogens with zero attached hydrogens (tertiary/aromatic N) is 1. The molecule has 0 aliphatic heterocycles. The van der Waals surface area contributed by atoms with Gasteiger partial charge < -0.3 is 10.1 Å². The number of carbonyl (C=O) groups is 1. The molecule has 4 heteroatoms. The van der Waals surface area contributed by atoms with Gasteiger partial charge >= 0.3 is 0 Å². The van der Waals surface area contributed by atoms with Crippen molar-refractivity contribution in [1.29, 1.82) is 0 Å². The van der Waals surface area contributed by atoms with Crippen molar-refractivity contribution in [1.82, 2.24) is 4.98 Å². The molecule has 0 spiro atoms. The molecule has 1 fully saturated rings. The summed E-state index contributed by atoms with van der Waals surface area (Å²) in [5.41, 5.74) is 2.78. The summed E-state index contributed by atoms with van der Waals surface area (Å²) in [6.45, 7) is 0. The summed E-state index contributed by atoms with van der Waals surface area (Å²) in [6, 6.07) is 21.4. The Hall–Kier alpha value is -2.29. The minimum absolute atomic E-state index is 0. The number of fused-ring (bicyclic) bond motifs is 2. The Bertz CT molecular complexity index is 1010. The Kier molecular flexibility index (Phi) is 7.35. The van der Waals surface area contributed by atoms with Crippen LogP contribution in [0.2, 0.25) is 0 Å². The Morgan fingerprint density at radius 1 is 0.966 bits per heavy atom. The predicted molar refractivity (Wildman–Crippen MR) is 112 cm³/mol. The van der Waals surface area contributed by atoms with Crippen molar-refractivity contribution in [3.8, 4) is 11.3 Å². The van der Waals surface area contributed by atoms with Crippen molar-refractivity contribution in [2.24, 2.45) is 5.92 Å². The Morgan fingerprint density at radius 2 is 1.69 bits per heavy atom. The number of hydrogen-bond acceptors (Lipinski definition) is 3. The molecule has 5 rings (SSSR count). The van der Waals surface area contributed by atoms with E-state index in [1.807, 2.05) is 42.6 Å². The molecule has 1 radical (unpaired) electrons. The summed E-state index contributed by atoms with van der Waals surface area (Å²) < 4.78 is 0. The summed E-state index contributed by atoms with van der Waals surface area (Å²) in [7, 11) is 0. The Labute approximate surface area is 185 Å². The molecular formula is C25H24IrNO2-. The molecule has 0 amide bonds. The number of aromatic nitrogens is 1. The molecule has 0 bridgehead atoms. The smallest absolute Gasteiger partial charge is 0.162 e. The number of pyridine rings is 1. The van der Waals surface area contributed by atoms with Gasteiger partial charge in [-0.3, -0.25) is 4.79 Å². The quantitative estimate of drug-likeness (QED) is 0.368. The van der Waals surface area contributed by atoms with Crippen molar-refractivity contribution >= 4 is 16.6 Å². The number of aliphatic hydroxyl groups is 1. The van der Waals surface area contributed by atoms with Crippen molar-refractivity contribution in [3.63, 3.8) is 0 Å². The summed E-state index contributed by atoms with van der Waals surface area (Å²) in [6.07, 6.45) is 7.54. The molecule has 2 aromatic carbocycles. The van der Waals surface area contributed by atoms with E-state index < -0.39 is 0 Å². The predicted octanol–water partition coefficient (Wildman–Crippen LogP) is 6.05. The zero-order valence-electron chi connectivity index (χ0n) is 16.2. The SMILES string of the molecule is O=C1CCCC2CCCC(O)=C12.[Ir].[c-]1ccccc1-c1cc2ccccc2cn1. The first-order chi connectivity index (χ1) is 13.7. The average molecular weight is 563 g/mol. The fourth-order valence-corrected chi connectivity index (χ4v) is 4.14. The molecule has 1 saturated carbocycles. The fourth-order valence-electron chi connectivity index (χ4n) is 4.14. The normalized spacial score (nSPS) is 18.3. The van der Waals surface area contributed by atoms with Crippen LogP contribution in [0.3, 0.4) is 0 Å². The Morgan fingerprint density at radius 3 is 2.41 bits per heavy atom. The molecule has 1 unspecified atom stereocenters. The van der Waals surface area contributed by atoms with Gasteiger partial charge in [0.25, 0.3) is 0 Å². The largest absolute Gasteiger partial charge is 0.512 e. The van der Waals surface area contributed by atoms with E-state index in [1.165, 1.54) is 10.8 Å². The third kappa shape index (κ3) is 5.01. The molecule has 151 valence electrons. The molecule has 2 aliphatic rings. The van der Waals surface area contributed by atoms with Crippen LogP contribution in [0.5, 0.6) is 0 Å². The first-order valence-corrected chi connectivity index (χ1v) is 9.99. The molecule has 1 heterocycles. The van der Waals surface area contributed by atoms with Crippen molar-refractivity contribution in [3.05, 3.63) is 78.2 Å². The van der Waals surface area contributed by atoms with Crippen molar-refractivity contribution in [2.45, 2.75) is 38.5 Å². The van der Waals surface area contributed by atoms with Gasteiger partial charge in [0.1, 0.15) is 0 Å². The molecule has 3 nitrogen and oxygen atoms in total. The topological polar surface area (TPSA) is 50.2 Å². The van der Waals surface area contributed by atoms with Gasteiger partial charge in [0.15, 0.2) is 5.78 Å². The molecule has 2 aliphatic carbocycles. The van der Waals surface area contributed by atoms with Crippen molar-refractivity contribution < 1.29 is 30.0 Å². The minimum atomic E-state index is 0. The first kappa shape index (κ1) is 21.4. The van der Waals surface area contributed by atoms with E-state index >= 15 is 0 Å².